The Hall–Kier alpha value is -2.62. The minimum absolute atomic E-state index is 0.0336. The third kappa shape index (κ3) is 5.96. The van der Waals surface area contributed by atoms with E-state index in [1.165, 1.54) is 6.20 Å². The highest BCUT2D eigenvalue weighted by atomic mass is 35.5. The van der Waals surface area contributed by atoms with Crippen molar-refractivity contribution in [1.29, 1.82) is 0 Å². The van der Waals surface area contributed by atoms with Crippen LogP contribution in [0.3, 0.4) is 0 Å². The topological polar surface area (TPSA) is 130 Å². The van der Waals surface area contributed by atoms with Gasteiger partial charge in [0.05, 0.1) is 29.4 Å². The van der Waals surface area contributed by atoms with Gasteiger partial charge in [-0.1, -0.05) is 11.6 Å². The zero-order valence-electron chi connectivity index (χ0n) is 17.0. The van der Waals surface area contributed by atoms with Crippen LogP contribution >= 0.6 is 11.6 Å². The maximum atomic E-state index is 12.7. The van der Waals surface area contributed by atoms with E-state index in [4.69, 9.17) is 21.4 Å². The van der Waals surface area contributed by atoms with Crippen LogP contribution in [0.5, 0.6) is 0 Å². The van der Waals surface area contributed by atoms with Crippen LogP contribution in [-0.4, -0.2) is 59.6 Å². The lowest BCUT2D eigenvalue weighted by Gasteiger charge is -2.15. The van der Waals surface area contributed by atoms with E-state index in [0.29, 0.717) is 47.7 Å². The first-order valence-electron chi connectivity index (χ1n) is 10.2. The SMILES string of the molecule is O=C(CCOCCNc1cc2c(=O)c(C(=O)O)cn(C3CC3)c2cc1Cl)NCCCO. The average molecular weight is 452 g/mol. The molecule has 1 aromatic heterocycles. The summed E-state index contributed by atoms with van der Waals surface area (Å²) in [5.74, 6) is -1.39. The lowest BCUT2D eigenvalue weighted by Crippen LogP contribution is -2.26. The van der Waals surface area contributed by atoms with Crippen LogP contribution in [-0.2, 0) is 9.53 Å². The number of hydrogen-bond donors (Lipinski definition) is 4. The molecule has 9 nitrogen and oxygen atoms in total. The second-order valence-electron chi connectivity index (χ2n) is 7.38. The van der Waals surface area contributed by atoms with Gasteiger partial charge in [0.1, 0.15) is 5.56 Å². The normalized spacial score (nSPS) is 13.4. The van der Waals surface area contributed by atoms with Crippen molar-refractivity contribution in [2.24, 2.45) is 0 Å². The number of nitrogens with zero attached hydrogens (tertiary/aromatic N) is 1. The molecule has 0 radical (unpaired) electrons. The molecule has 1 heterocycles. The molecule has 1 aromatic carbocycles. The fraction of sp³-hybridized carbons (Fsp3) is 0.476. The Morgan fingerprint density at radius 1 is 1.23 bits per heavy atom. The highest BCUT2D eigenvalue weighted by Gasteiger charge is 2.27. The van der Waals surface area contributed by atoms with Crippen molar-refractivity contribution in [1.82, 2.24) is 9.88 Å². The number of aliphatic hydroxyl groups excluding tert-OH is 1. The van der Waals surface area contributed by atoms with Crippen LogP contribution < -0.4 is 16.1 Å². The van der Waals surface area contributed by atoms with E-state index in [1.807, 2.05) is 4.57 Å². The number of aromatic carboxylic acids is 1. The molecule has 0 bridgehead atoms. The summed E-state index contributed by atoms with van der Waals surface area (Å²) in [4.78, 5) is 35.7. The number of carboxylic acid groups (broad SMARTS) is 1. The molecule has 1 saturated carbocycles. The van der Waals surface area contributed by atoms with Gasteiger partial charge in [0, 0.05) is 43.7 Å². The molecule has 1 aliphatic carbocycles. The number of halogens is 1. The minimum Gasteiger partial charge on any atom is -0.477 e. The van der Waals surface area contributed by atoms with Crippen molar-refractivity contribution in [2.45, 2.75) is 31.7 Å². The Morgan fingerprint density at radius 2 is 2.00 bits per heavy atom. The van der Waals surface area contributed by atoms with E-state index in [-0.39, 0.29) is 37.1 Å². The number of nitrogens with one attached hydrogen (secondary N) is 2. The molecule has 0 atom stereocenters. The number of benzene rings is 1. The summed E-state index contributed by atoms with van der Waals surface area (Å²) in [5.41, 5.74) is 0.342. The number of ether oxygens (including phenoxy) is 1. The molecule has 0 spiro atoms. The molecule has 1 fully saturated rings. The van der Waals surface area contributed by atoms with Crippen LogP contribution in [0.25, 0.3) is 10.9 Å². The van der Waals surface area contributed by atoms with Crippen LogP contribution in [0.1, 0.15) is 42.1 Å². The van der Waals surface area contributed by atoms with Gasteiger partial charge < -0.3 is 30.2 Å². The van der Waals surface area contributed by atoms with Gasteiger partial charge in [0.15, 0.2) is 0 Å². The average Bonchev–Trinajstić information content (AvgIpc) is 3.56. The van der Waals surface area contributed by atoms with Crippen molar-refractivity contribution in [3.8, 4) is 0 Å². The molecule has 168 valence electrons. The summed E-state index contributed by atoms with van der Waals surface area (Å²) >= 11 is 6.39. The quantitative estimate of drug-likeness (QED) is 0.363. The van der Waals surface area contributed by atoms with Gasteiger partial charge in [0.2, 0.25) is 11.3 Å². The Labute approximate surface area is 184 Å². The van der Waals surface area contributed by atoms with Gasteiger partial charge in [-0.15, -0.1) is 0 Å². The lowest BCUT2D eigenvalue weighted by molar-refractivity contribution is -0.122. The third-order valence-electron chi connectivity index (χ3n) is 4.98. The van der Waals surface area contributed by atoms with Crippen molar-refractivity contribution >= 4 is 40.1 Å². The molecule has 0 saturated heterocycles. The molecule has 2 aromatic rings. The zero-order chi connectivity index (χ0) is 22.4. The molecule has 3 rings (SSSR count). The smallest absolute Gasteiger partial charge is 0.341 e. The molecule has 10 heteroatoms. The number of pyridine rings is 1. The Balaban J connectivity index is 1.61. The molecule has 31 heavy (non-hydrogen) atoms. The van der Waals surface area contributed by atoms with E-state index in [0.717, 1.165) is 12.8 Å². The maximum absolute atomic E-state index is 12.7. The second-order valence-corrected chi connectivity index (χ2v) is 7.79. The van der Waals surface area contributed by atoms with Crippen molar-refractivity contribution in [3.63, 3.8) is 0 Å². The first kappa shape index (κ1) is 23.1. The minimum atomic E-state index is -1.25. The number of carbonyl (C=O) groups is 2. The Morgan fingerprint density at radius 3 is 2.68 bits per heavy atom. The highest BCUT2D eigenvalue weighted by Crippen LogP contribution is 2.38. The standard InChI is InChI=1S/C21H26ClN3O6/c22-16-11-18-14(20(28)15(21(29)30)12-25(18)13-2-3-13)10-17(16)23-6-9-31-8-4-19(27)24-5-1-7-26/h10-13,23,26H,1-9H2,(H,24,27)(H,29,30). The fourth-order valence-electron chi connectivity index (χ4n) is 3.23. The number of amides is 1. The largest absolute Gasteiger partial charge is 0.477 e. The molecule has 1 aliphatic rings. The monoisotopic (exact) mass is 451 g/mol. The van der Waals surface area contributed by atoms with Crippen LogP contribution in [0.4, 0.5) is 5.69 Å². The van der Waals surface area contributed by atoms with E-state index in [2.05, 4.69) is 10.6 Å². The fourth-order valence-corrected chi connectivity index (χ4v) is 3.46. The van der Waals surface area contributed by atoms with Crippen molar-refractivity contribution in [3.05, 3.63) is 39.1 Å². The van der Waals surface area contributed by atoms with Crippen LogP contribution in [0, 0.1) is 0 Å². The summed E-state index contributed by atoms with van der Waals surface area (Å²) in [6.07, 6.45) is 4.02. The second kappa shape index (κ2) is 10.6. The van der Waals surface area contributed by atoms with Gasteiger partial charge in [0.25, 0.3) is 0 Å². The summed E-state index contributed by atoms with van der Waals surface area (Å²) in [6.45, 7) is 1.44. The molecular weight excluding hydrogens is 426 g/mol. The molecular formula is C21H26ClN3O6. The summed E-state index contributed by atoms with van der Waals surface area (Å²) < 4.78 is 7.26. The molecule has 0 aliphatic heterocycles. The van der Waals surface area contributed by atoms with Crippen LogP contribution in [0.2, 0.25) is 5.02 Å². The van der Waals surface area contributed by atoms with Crippen molar-refractivity contribution in [2.75, 3.05) is 38.2 Å². The summed E-state index contributed by atoms with van der Waals surface area (Å²) in [7, 11) is 0. The zero-order valence-corrected chi connectivity index (χ0v) is 17.8. The summed E-state index contributed by atoms with van der Waals surface area (Å²) in [6, 6.07) is 3.45. The lowest BCUT2D eigenvalue weighted by atomic mass is 10.1. The van der Waals surface area contributed by atoms with Gasteiger partial charge in [-0.2, -0.15) is 0 Å². The van der Waals surface area contributed by atoms with E-state index in [9.17, 15) is 19.5 Å². The van der Waals surface area contributed by atoms with Crippen molar-refractivity contribution < 1.29 is 24.5 Å². The number of carboxylic acids is 1. The molecule has 0 unspecified atom stereocenters. The number of rotatable bonds is 12. The van der Waals surface area contributed by atoms with Gasteiger partial charge >= 0.3 is 5.97 Å². The number of anilines is 1. The van der Waals surface area contributed by atoms with Crippen LogP contribution in [0.15, 0.2) is 23.1 Å². The van der Waals surface area contributed by atoms with E-state index >= 15 is 0 Å². The van der Waals surface area contributed by atoms with Gasteiger partial charge in [-0.25, -0.2) is 4.79 Å². The first-order valence-corrected chi connectivity index (χ1v) is 10.6. The number of aromatic nitrogens is 1. The molecule has 1 amide bonds. The first-order chi connectivity index (χ1) is 14.9. The maximum Gasteiger partial charge on any atom is 0.341 e. The van der Waals surface area contributed by atoms with Gasteiger partial charge in [-0.05, 0) is 31.4 Å². The highest BCUT2D eigenvalue weighted by molar-refractivity contribution is 6.34. The van der Waals surface area contributed by atoms with E-state index in [1.54, 1.807) is 12.1 Å². The number of fused-ring (bicyclic) bond motifs is 1. The Kier molecular flexibility index (Phi) is 7.89. The van der Waals surface area contributed by atoms with Gasteiger partial charge in [-0.3, -0.25) is 9.59 Å². The predicted molar refractivity (Wildman–Crippen MR) is 117 cm³/mol. The number of aliphatic hydroxyl groups is 1. The third-order valence-corrected chi connectivity index (χ3v) is 5.30. The number of hydrogen-bond acceptors (Lipinski definition) is 6. The summed E-state index contributed by atoms with van der Waals surface area (Å²) in [5, 5.41) is 24.6. The van der Waals surface area contributed by atoms with E-state index < -0.39 is 11.4 Å². The predicted octanol–water partition coefficient (Wildman–Crippen LogP) is 2.01. The molecule has 4 N–H and O–H groups in total. The number of carbonyl (C=O) groups excluding carboxylic acids is 1. The Bertz CT molecular complexity index is 1020.